The molecule has 0 bridgehead atoms. The fourth-order valence-electron chi connectivity index (χ4n) is 3.24. The molecule has 0 radical (unpaired) electrons. The number of hydrogen-bond donors (Lipinski definition) is 1. The van der Waals surface area contributed by atoms with Gasteiger partial charge in [0.15, 0.2) is 5.76 Å². The van der Waals surface area contributed by atoms with Crippen LogP contribution in [0.15, 0.2) is 53.1 Å². The van der Waals surface area contributed by atoms with Gasteiger partial charge in [0.1, 0.15) is 5.69 Å². The Hall–Kier alpha value is -2.83. The van der Waals surface area contributed by atoms with Crippen LogP contribution < -0.4 is 5.32 Å². The molecule has 0 spiro atoms. The van der Waals surface area contributed by atoms with Crippen molar-refractivity contribution in [2.75, 3.05) is 13.1 Å². The van der Waals surface area contributed by atoms with E-state index < -0.39 is 0 Å². The van der Waals surface area contributed by atoms with Crippen molar-refractivity contribution >= 4 is 35.0 Å². The number of benzene rings is 2. The van der Waals surface area contributed by atoms with Gasteiger partial charge in [0.25, 0.3) is 5.91 Å². The first-order valence-electron chi connectivity index (χ1n) is 9.06. The molecule has 0 unspecified atom stereocenters. The second kappa shape index (κ2) is 8.27. The fraction of sp³-hybridized carbons (Fsp3) is 0.190. The number of fused-ring (bicyclic) bond motifs is 1. The number of rotatable bonds is 4. The molecular formula is C21H17Cl2N3O3. The third-order valence-corrected chi connectivity index (χ3v) is 5.31. The van der Waals surface area contributed by atoms with Crippen LogP contribution in [0.2, 0.25) is 10.0 Å². The molecule has 2 aromatic carbocycles. The van der Waals surface area contributed by atoms with Gasteiger partial charge in [-0.1, -0.05) is 28.4 Å². The van der Waals surface area contributed by atoms with Crippen LogP contribution in [0.25, 0.3) is 11.3 Å². The fourth-order valence-corrected chi connectivity index (χ4v) is 3.49. The molecule has 6 nitrogen and oxygen atoms in total. The summed E-state index contributed by atoms with van der Waals surface area (Å²) >= 11 is 11.8. The average Bonchev–Trinajstić information content (AvgIpc) is 3.16. The first kappa shape index (κ1) is 19.5. The predicted octanol–water partition coefficient (Wildman–Crippen LogP) is 3.96. The van der Waals surface area contributed by atoms with E-state index in [-0.39, 0.29) is 18.4 Å². The molecule has 1 aliphatic heterocycles. The van der Waals surface area contributed by atoms with Crippen LogP contribution in [0.4, 0.5) is 0 Å². The van der Waals surface area contributed by atoms with E-state index in [1.165, 1.54) is 0 Å². The van der Waals surface area contributed by atoms with E-state index >= 15 is 0 Å². The number of hydrogen-bond acceptors (Lipinski definition) is 4. The lowest BCUT2D eigenvalue weighted by Crippen LogP contribution is -2.42. The number of nitrogens with zero attached hydrogens (tertiary/aromatic N) is 2. The van der Waals surface area contributed by atoms with Gasteiger partial charge in [0.05, 0.1) is 13.1 Å². The Morgan fingerprint density at radius 2 is 1.69 bits per heavy atom. The Kier molecular flexibility index (Phi) is 5.56. The van der Waals surface area contributed by atoms with Gasteiger partial charge in [0.2, 0.25) is 5.91 Å². The average molecular weight is 430 g/mol. The van der Waals surface area contributed by atoms with Gasteiger partial charge in [-0.25, -0.2) is 0 Å². The summed E-state index contributed by atoms with van der Waals surface area (Å²) in [5.74, 6) is 0.216. The standard InChI is InChI=1S/C21H17Cl2N3O3/c22-15-5-1-13(2-6-15)20-17-9-10-26(12-18(17)25-29-20)19(27)11-24-21(28)14-3-7-16(23)8-4-14/h1-8H,9-12H2,(H,24,28). The van der Waals surface area contributed by atoms with Gasteiger partial charge in [-0.05, 0) is 55.0 Å². The van der Waals surface area contributed by atoms with E-state index in [0.717, 1.165) is 16.8 Å². The second-order valence-corrected chi connectivity index (χ2v) is 7.57. The lowest BCUT2D eigenvalue weighted by molar-refractivity contribution is -0.131. The minimum absolute atomic E-state index is 0.0846. The maximum absolute atomic E-state index is 12.5. The zero-order valence-corrected chi connectivity index (χ0v) is 16.8. The summed E-state index contributed by atoms with van der Waals surface area (Å²) in [7, 11) is 0. The summed E-state index contributed by atoms with van der Waals surface area (Å²) in [5.41, 5.74) is 3.09. The SMILES string of the molecule is O=C(NCC(=O)N1CCc2c(noc2-c2ccc(Cl)cc2)C1)c1ccc(Cl)cc1. The van der Waals surface area contributed by atoms with Gasteiger partial charge in [-0.2, -0.15) is 0 Å². The molecule has 0 fully saturated rings. The number of nitrogens with one attached hydrogen (secondary N) is 1. The zero-order valence-electron chi connectivity index (χ0n) is 15.3. The van der Waals surface area contributed by atoms with E-state index in [1.807, 2.05) is 12.1 Å². The number of amides is 2. The normalized spacial score (nSPS) is 13.1. The van der Waals surface area contributed by atoms with Gasteiger partial charge in [-0.3, -0.25) is 9.59 Å². The molecule has 148 valence electrons. The first-order valence-corrected chi connectivity index (χ1v) is 9.82. The maximum Gasteiger partial charge on any atom is 0.251 e. The molecule has 1 N–H and O–H groups in total. The molecule has 3 aromatic rings. The van der Waals surface area contributed by atoms with Crippen molar-refractivity contribution < 1.29 is 14.1 Å². The van der Waals surface area contributed by atoms with Crippen molar-refractivity contribution in [1.82, 2.24) is 15.4 Å². The molecule has 2 heterocycles. The van der Waals surface area contributed by atoms with E-state index in [2.05, 4.69) is 10.5 Å². The Labute approximate surface area is 177 Å². The van der Waals surface area contributed by atoms with Crippen LogP contribution in [0, 0.1) is 0 Å². The number of halogens is 2. The topological polar surface area (TPSA) is 75.4 Å². The monoisotopic (exact) mass is 429 g/mol. The summed E-state index contributed by atoms with van der Waals surface area (Å²) in [4.78, 5) is 26.4. The highest BCUT2D eigenvalue weighted by atomic mass is 35.5. The van der Waals surface area contributed by atoms with Crippen LogP contribution in [0.1, 0.15) is 21.6 Å². The number of carbonyl (C=O) groups excluding carboxylic acids is 2. The molecule has 1 aromatic heterocycles. The molecule has 0 saturated carbocycles. The van der Waals surface area contributed by atoms with Gasteiger partial charge in [0, 0.05) is 33.3 Å². The molecule has 0 atom stereocenters. The van der Waals surface area contributed by atoms with Crippen molar-refractivity contribution in [3.05, 3.63) is 75.4 Å². The minimum atomic E-state index is -0.320. The summed E-state index contributed by atoms with van der Waals surface area (Å²) < 4.78 is 5.53. The van der Waals surface area contributed by atoms with Crippen LogP contribution >= 0.6 is 23.2 Å². The smallest absolute Gasteiger partial charge is 0.251 e. The summed E-state index contributed by atoms with van der Waals surface area (Å²) in [6, 6.07) is 13.9. The van der Waals surface area contributed by atoms with Crippen LogP contribution in [-0.2, 0) is 17.8 Å². The largest absolute Gasteiger partial charge is 0.356 e. The van der Waals surface area contributed by atoms with E-state index in [0.29, 0.717) is 40.9 Å². The van der Waals surface area contributed by atoms with E-state index in [9.17, 15) is 9.59 Å². The Balaban J connectivity index is 1.38. The Bertz CT molecular complexity index is 1050. The molecule has 2 amide bonds. The van der Waals surface area contributed by atoms with Gasteiger partial charge < -0.3 is 14.7 Å². The van der Waals surface area contributed by atoms with E-state index in [4.69, 9.17) is 27.7 Å². The highest BCUT2D eigenvalue weighted by Crippen LogP contribution is 2.31. The number of aromatic nitrogens is 1. The maximum atomic E-state index is 12.5. The zero-order chi connectivity index (χ0) is 20.4. The van der Waals surface area contributed by atoms with Crippen LogP contribution in [-0.4, -0.2) is 35.0 Å². The second-order valence-electron chi connectivity index (χ2n) is 6.70. The number of carbonyl (C=O) groups is 2. The van der Waals surface area contributed by atoms with Gasteiger partial charge in [-0.15, -0.1) is 0 Å². The third kappa shape index (κ3) is 4.28. The van der Waals surface area contributed by atoms with Crippen LogP contribution in [0.3, 0.4) is 0 Å². The summed E-state index contributed by atoms with van der Waals surface area (Å²) in [5, 5.41) is 7.98. The molecular weight excluding hydrogens is 413 g/mol. The minimum Gasteiger partial charge on any atom is -0.356 e. The van der Waals surface area contributed by atoms with Crippen molar-refractivity contribution in [1.29, 1.82) is 0 Å². The van der Waals surface area contributed by atoms with Crippen molar-refractivity contribution in [3.8, 4) is 11.3 Å². The lowest BCUT2D eigenvalue weighted by atomic mass is 10.0. The molecule has 0 aliphatic carbocycles. The van der Waals surface area contributed by atoms with Gasteiger partial charge >= 0.3 is 0 Å². The van der Waals surface area contributed by atoms with Crippen molar-refractivity contribution in [3.63, 3.8) is 0 Å². The molecule has 0 saturated heterocycles. The molecule has 1 aliphatic rings. The van der Waals surface area contributed by atoms with Crippen molar-refractivity contribution in [2.45, 2.75) is 13.0 Å². The summed E-state index contributed by atoms with van der Waals surface area (Å²) in [6.45, 7) is 0.797. The molecule has 29 heavy (non-hydrogen) atoms. The lowest BCUT2D eigenvalue weighted by Gasteiger charge is -2.26. The summed E-state index contributed by atoms with van der Waals surface area (Å²) in [6.07, 6.45) is 0.633. The molecule has 4 rings (SSSR count). The third-order valence-electron chi connectivity index (χ3n) is 4.81. The van der Waals surface area contributed by atoms with Crippen molar-refractivity contribution in [2.24, 2.45) is 0 Å². The highest BCUT2D eigenvalue weighted by molar-refractivity contribution is 6.31. The van der Waals surface area contributed by atoms with Crippen LogP contribution in [0.5, 0.6) is 0 Å². The highest BCUT2D eigenvalue weighted by Gasteiger charge is 2.27. The van der Waals surface area contributed by atoms with E-state index in [1.54, 1.807) is 41.3 Å². The molecule has 8 heteroatoms. The first-order chi connectivity index (χ1) is 14.0. The predicted molar refractivity (Wildman–Crippen MR) is 110 cm³/mol. The Morgan fingerprint density at radius 3 is 2.38 bits per heavy atom. The quantitative estimate of drug-likeness (QED) is 0.680. The Morgan fingerprint density at radius 1 is 1.03 bits per heavy atom.